The van der Waals surface area contributed by atoms with E-state index in [1.807, 2.05) is 87.5 Å². The number of carbonyl (C=O) groups excluding carboxylic acids is 1. The van der Waals surface area contributed by atoms with Crippen molar-refractivity contribution in [3.8, 4) is 40.6 Å². The molecule has 46 heteroatoms. The van der Waals surface area contributed by atoms with Crippen LogP contribution < -0.4 is 176 Å². The number of carbonyl (C=O) groups is 1. The maximum atomic E-state index is 12.6. The van der Waals surface area contributed by atoms with Gasteiger partial charge in [0.25, 0.3) is 6.47 Å². The number of rotatable bonds is 38. The molecule has 0 radical (unpaired) electrons. The average Bonchev–Trinajstić information content (AvgIpc) is 0.827. The van der Waals surface area contributed by atoms with Gasteiger partial charge in [-0.05, 0) is 230 Å². The number of amidine groups is 1. The number of aliphatic imine (C=N–C) groups is 1. The van der Waals surface area contributed by atoms with E-state index in [1.165, 1.54) is 38.1 Å². The predicted octanol–water partition coefficient (Wildman–Crippen LogP) is 12.6. The Kier molecular flexibility index (Phi) is 80.5. The van der Waals surface area contributed by atoms with Crippen LogP contribution in [0.3, 0.4) is 0 Å². The van der Waals surface area contributed by atoms with Gasteiger partial charge in [-0.1, -0.05) is 126 Å². The number of alkyl halides is 1. The van der Waals surface area contributed by atoms with Crippen LogP contribution in [0.4, 0.5) is 34.1 Å². The normalized spacial score (nSPS) is 11.5. The fourth-order valence-electron chi connectivity index (χ4n) is 12.1. The number of phenolic OH excluding ortho intramolecular Hbond substituents is 1. The topological polar surface area (TPSA) is 472 Å². The van der Waals surface area contributed by atoms with Gasteiger partial charge < -0.3 is 62.9 Å². The van der Waals surface area contributed by atoms with Crippen LogP contribution in [0.25, 0.3) is 0 Å². The number of nitrogens with zero attached hydrogens (tertiary/aromatic N) is 6. The molecule has 0 spiro atoms. The molecule has 804 valence electrons. The zero-order valence-electron chi connectivity index (χ0n) is 91.0. The standard InChI is InChI=1S/C18H29N3O3S.C16H24N2O3S.C15H25NO3S.2C14H23NO3S.C11H17NO.C3H7ClO2S.C2H5Cl.C2H8N2.CH2O3.BBr3.2K.H/c1-13(2)11-15-16(21(5)25(22,23)14(3)4)7-6-8-17(15)24-12-18-19-9-10-20-18;1-12(2)11-14-15(18(5)22(19,20)13(3)4)7-6-8-16(14)21-10-9-17;1-11(2)10-13-14(8-7-9-15(13)19-6)16(5)20(17,18)12(3)4;1-10(2)9-12-13(7-6-8-14(12)18-5)15-19(16,17)11(3)4;1-10(2)9-12-13(7-6-8-14(12)16)15(5)19(17,18)11(3)4;1-8(2)7-9-10(12)5-4-6-11(9)13-3;1-3(2)7(4,5)6;1-2-3;3-1-2-4;2-1-4-3;2-1(3)4;;;/h6-8,13-14H,9-12H2,1-5H3,(H,19,20);6-8,12-13H,10-11H2,1-5H3;7-9,11-12H,10H2,1-6H3;6-8,10-11,15H,9H2,1-5H3;6-8,10-11,16H,9H2,1-5H3;4-6,8H,7,12H2,1-3H3;3H,1-2H3;2H2,1H3;1-4H2;1,3H;;;;/q;;;;;;;;;;;2*+1;-1/p-1. The van der Waals surface area contributed by atoms with Crippen LogP contribution in [0.1, 0.15) is 208 Å². The summed E-state index contributed by atoms with van der Waals surface area (Å²) in [5.41, 5.74) is 25.1. The third kappa shape index (κ3) is 56.9. The Morgan fingerprint density at radius 3 is 1.04 bits per heavy atom. The number of hydrogen-bond donors (Lipinski definition) is 6. The minimum absolute atomic E-state index is 0. The number of ether oxygens (including phenoxy) is 5. The minimum atomic E-state index is -3.41. The maximum Gasteiger partial charge on any atom is 1.00 e. The van der Waals surface area contributed by atoms with E-state index in [-0.39, 0.29) is 126 Å². The Bertz CT molecular complexity index is 5390. The van der Waals surface area contributed by atoms with Crippen LogP contribution in [0, 0.1) is 46.8 Å². The molecule has 0 amide bonds. The van der Waals surface area contributed by atoms with Crippen LogP contribution in [-0.2, 0) is 107 Å². The summed E-state index contributed by atoms with van der Waals surface area (Å²) in [6.07, 6.45) is 4.56. The molecule has 1 heterocycles. The number of methoxy groups -OCH3 is 3. The first kappa shape index (κ1) is 149. The van der Waals surface area contributed by atoms with Crippen LogP contribution in [0.2, 0.25) is 0 Å². The molecule has 9 N–H and O–H groups in total. The number of nitrogens with one attached hydrogen (secondary N) is 2. The molecule has 0 atom stereocenters. The Morgan fingerprint density at radius 1 is 0.486 bits per heavy atom. The Balaban J connectivity index is -0.000000298. The maximum absolute atomic E-state index is 12.6. The predicted molar refractivity (Wildman–Crippen MR) is 595 cm³/mol. The number of aromatic hydroxyl groups is 1. The largest absolute Gasteiger partial charge is 1.00 e. The molecule has 0 aliphatic carbocycles. The molecule has 0 fully saturated rings. The number of phenols is 1. The molecule has 1 aliphatic rings. The van der Waals surface area contributed by atoms with Gasteiger partial charge >= 0.3 is 106 Å². The molecule has 32 nitrogen and oxygen atoms in total. The third-order valence-corrected chi connectivity index (χ3v) is 31.9. The SMILES string of the molecule is BrB(Br)Br.CC(C)Cc1c(O)cccc1N(C)S(=O)(=O)C(C)C.CC(C)Cc1c(OCC#N)cccc1N(C)S(=O)(=O)C(C)C.CC(C)Cc1c(OCC2=NCCN2)cccc1N(C)S(=O)(=O)C(C)C.CC(C)S(=O)(=O)Cl.CCCl.COc1cccc(N(C)S(=O)(=O)C(C)C)c1CC(C)C.COc1cccc(N)c1CC(C)C.COc1cccc(NS(=O)(=O)C(C)C)c1CC(C)C.NCCN.O=CO[O-].[H-].[K+].[K+]. The summed E-state index contributed by atoms with van der Waals surface area (Å²) >= 11 is 14.3. The fraction of sp³-hybridized carbons (Fsp3) is 0.594. The first-order chi connectivity index (χ1) is 64.7. The molecular weight excluding hydrogens is 2240 g/mol. The molecule has 6 aromatic rings. The van der Waals surface area contributed by atoms with Gasteiger partial charge in [0, 0.05) is 103 Å². The van der Waals surface area contributed by atoms with Crippen LogP contribution in [-0.4, -0.2) is 197 Å². The van der Waals surface area contributed by atoms with Crippen molar-refractivity contribution in [2.24, 2.45) is 52.0 Å². The molecule has 0 saturated carbocycles. The van der Waals surface area contributed by atoms with Crippen molar-refractivity contribution in [2.45, 2.75) is 243 Å². The van der Waals surface area contributed by atoms with Crippen LogP contribution >= 0.6 is 69.6 Å². The first-order valence-corrected chi connectivity index (χ1v) is 59.0. The van der Waals surface area contributed by atoms with E-state index < -0.39 is 90.7 Å². The van der Waals surface area contributed by atoms with E-state index in [0.29, 0.717) is 114 Å². The van der Waals surface area contributed by atoms with Crippen LogP contribution in [0.15, 0.2) is 114 Å². The Morgan fingerprint density at radius 2 is 0.754 bits per heavy atom. The van der Waals surface area contributed by atoms with E-state index >= 15 is 0 Å². The molecular formula is C96H163BBr3Cl2K2N11O21S6. The smallest absolute Gasteiger partial charge is 1.00 e. The number of halogens is 5. The van der Waals surface area contributed by atoms with Gasteiger partial charge in [-0.3, -0.25) is 31.7 Å². The average molecular weight is 2400 g/mol. The molecule has 6 aromatic carbocycles. The van der Waals surface area contributed by atoms with Crippen LogP contribution in [0.5, 0.6) is 34.5 Å². The number of sulfonamides is 5. The van der Waals surface area contributed by atoms with Gasteiger partial charge in [0.15, 0.2) is 6.61 Å². The Hall–Kier alpha value is -3.71. The van der Waals surface area contributed by atoms with E-state index in [4.69, 9.17) is 78.5 Å². The van der Waals surface area contributed by atoms with Crippen molar-refractivity contribution in [3.63, 3.8) is 0 Å². The van der Waals surface area contributed by atoms with Crippen molar-refractivity contribution in [2.75, 3.05) is 122 Å². The zero-order chi connectivity index (χ0) is 109. The van der Waals surface area contributed by atoms with Gasteiger partial charge in [0.05, 0.1) is 87.8 Å². The fourth-order valence-corrected chi connectivity index (χ4v) is 17.1. The number of nitrogens with two attached hydrogens (primary N) is 3. The first-order valence-electron chi connectivity index (χ1n) is 45.8. The van der Waals surface area contributed by atoms with Gasteiger partial charge in [-0.25, -0.2) is 50.5 Å². The molecule has 0 saturated heterocycles. The molecule has 142 heavy (non-hydrogen) atoms. The van der Waals surface area contributed by atoms with E-state index in [0.717, 1.165) is 101 Å². The van der Waals surface area contributed by atoms with E-state index in [1.54, 1.807) is 160 Å². The second kappa shape index (κ2) is 76.7. The quantitative estimate of drug-likeness (QED) is 0.00399. The monoisotopic (exact) mass is 2390 g/mol. The number of benzene rings is 6. The second-order valence-corrected chi connectivity index (χ2v) is 58.1. The molecule has 7 rings (SSSR count). The van der Waals surface area contributed by atoms with E-state index in [2.05, 4.69) is 136 Å². The van der Waals surface area contributed by atoms with Gasteiger partial charge in [-0.2, -0.15) is 5.26 Å². The summed E-state index contributed by atoms with van der Waals surface area (Å²) < 4.78 is 179. The van der Waals surface area contributed by atoms with Gasteiger partial charge in [-0.15, -0.1) is 58.9 Å². The minimum Gasteiger partial charge on any atom is -1.00 e. The summed E-state index contributed by atoms with van der Waals surface area (Å²) in [6, 6.07) is 34.5. The second-order valence-electron chi connectivity index (χ2n) is 35.6. The number of nitriles is 1. The van der Waals surface area contributed by atoms with Crippen molar-refractivity contribution >= 4 is 178 Å². The third-order valence-electron chi connectivity index (χ3n) is 19.4. The summed E-state index contributed by atoms with van der Waals surface area (Å²) in [5.74, 6) is 7.82. The van der Waals surface area contributed by atoms with Crippen molar-refractivity contribution in [1.29, 1.82) is 5.26 Å². The molecule has 1 aliphatic heterocycles. The molecule has 0 aromatic heterocycles. The molecule has 0 bridgehead atoms. The number of hydrogen-bond acceptors (Lipinski definition) is 27. The van der Waals surface area contributed by atoms with Crippen molar-refractivity contribution < 1.29 is 198 Å². The number of nitrogen functional groups attached to an aromatic ring is 1. The Labute approximate surface area is 975 Å². The number of anilines is 6. The van der Waals surface area contributed by atoms with Gasteiger partial charge in [0.1, 0.15) is 53.0 Å². The van der Waals surface area contributed by atoms with E-state index in [9.17, 15) is 55.6 Å². The summed E-state index contributed by atoms with van der Waals surface area (Å²) in [6.45, 7) is 49.7. The van der Waals surface area contributed by atoms with Crippen molar-refractivity contribution in [3.05, 3.63) is 143 Å². The zero-order valence-corrected chi connectivity index (χ0v) is 107. The molecule has 0 unspecified atom stereocenters. The summed E-state index contributed by atoms with van der Waals surface area (Å²) in [7, 11) is -4.10. The van der Waals surface area contributed by atoms with Crippen molar-refractivity contribution in [1.82, 2.24) is 5.32 Å². The van der Waals surface area contributed by atoms with Gasteiger partial charge in [0.2, 0.25) is 59.2 Å². The summed E-state index contributed by atoms with van der Waals surface area (Å²) in [5, 5.41) is 27.4. The summed E-state index contributed by atoms with van der Waals surface area (Å²) in [4.78, 5) is 15.6.